The Morgan fingerprint density at radius 1 is 1.06 bits per heavy atom. The molecular formula is C25H28O6. The van der Waals surface area contributed by atoms with Gasteiger partial charge in [-0.05, 0) is 70.4 Å². The van der Waals surface area contributed by atoms with Crippen molar-refractivity contribution >= 4 is 5.97 Å². The van der Waals surface area contributed by atoms with Gasteiger partial charge in [0.2, 0.25) is 0 Å². The molecule has 1 aliphatic rings. The molecule has 2 aromatic rings. The second kappa shape index (κ2) is 8.86. The van der Waals surface area contributed by atoms with Crippen LogP contribution in [0.5, 0.6) is 23.0 Å². The van der Waals surface area contributed by atoms with Gasteiger partial charge in [-0.15, -0.1) is 0 Å². The first-order valence-electron chi connectivity index (χ1n) is 10.1. The molecule has 164 valence electrons. The van der Waals surface area contributed by atoms with E-state index in [1.165, 1.54) is 12.1 Å². The lowest BCUT2D eigenvalue weighted by atomic mass is 9.91. The van der Waals surface area contributed by atoms with Crippen LogP contribution in [-0.4, -0.2) is 27.9 Å². The molecule has 1 heterocycles. The second-order valence-corrected chi connectivity index (χ2v) is 8.19. The van der Waals surface area contributed by atoms with Gasteiger partial charge in [-0.25, -0.2) is 4.79 Å². The second-order valence-electron chi connectivity index (χ2n) is 8.19. The smallest absolute Gasteiger partial charge is 0.347 e. The molecule has 0 fully saturated rings. The van der Waals surface area contributed by atoms with Gasteiger partial charge in [0.15, 0.2) is 0 Å². The average molecular weight is 424 g/mol. The summed E-state index contributed by atoms with van der Waals surface area (Å²) in [6, 6.07) is 4.53. The fourth-order valence-corrected chi connectivity index (χ4v) is 3.55. The maximum absolute atomic E-state index is 13.0. The van der Waals surface area contributed by atoms with Crippen LogP contribution in [0.15, 0.2) is 41.5 Å². The molecule has 6 nitrogen and oxygen atoms in total. The van der Waals surface area contributed by atoms with Crippen molar-refractivity contribution in [3.63, 3.8) is 0 Å². The van der Waals surface area contributed by atoms with Crippen LogP contribution in [0.25, 0.3) is 0 Å². The molecule has 0 spiro atoms. The van der Waals surface area contributed by atoms with E-state index in [4.69, 9.17) is 9.47 Å². The van der Waals surface area contributed by atoms with Gasteiger partial charge >= 0.3 is 5.97 Å². The van der Waals surface area contributed by atoms with Crippen LogP contribution >= 0.6 is 0 Å². The lowest BCUT2D eigenvalue weighted by molar-refractivity contribution is 0.0730. The van der Waals surface area contributed by atoms with Crippen LogP contribution < -0.4 is 9.47 Å². The van der Waals surface area contributed by atoms with Crippen LogP contribution in [0.3, 0.4) is 0 Å². The highest BCUT2D eigenvalue weighted by molar-refractivity contribution is 5.98. The first kappa shape index (κ1) is 22.4. The fraction of sp³-hybridized carbons (Fsp3) is 0.320. The van der Waals surface area contributed by atoms with E-state index in [0.29, 0.717) is 17.5 Å². The number of phenolic OH excluding ortho intramolecular Hbond substituents is 2. The predicted octanol–water partition coefficient (Wildman–Crippen LogP) is 4.87. The molecule has 1 unspecified atom stereocenters. The Morgan fingerprint density at radius 2 is 1.74 bits per heavy atom. The summed E-state index contributed by atoms with van der Waals surface area (Å²) in [4.78, 5) is 13.0. The van der Waals surface area contributed by atoms with Crippen molar-refractivity contribution in [2.24, 2.45) is 0 Å². The van der Waals surface area contributed by atoms with E-state index >= 15 is 0 Å². The highest BCUT2D eigenvalue weighted by Crippen LogP contribution is 2.48. The molecule has 0 saturated carbocycles. The number of fused-ring (bicyclic) bond motifs is 2. The Balaban J connectivity index is 2.24. The minimum Gasteiger partial charge on any atom is -0.507 e. The topological polar surface area (TPSA) is 96.2 Å². The highest BCUT2D eigenvalue weighted by atomic mass is 16.5. The SMILES string of the molecule is CC(C)=CCOc1c(C)cc(O)c2c1C(O)c1c(O)ccc(CC=C(C)C)c1OC2=O. The van der Waals surface area contributed by atoms with E-state index in [-0.39, 0.29) is 46.3 Å². The lowest BCUT2D eigenvalue weighted by Gasteiger charge is -2.20. The van der Waals surface area contributed by atoms with E-state index < -0.39 is 12.1 Å². The largest absolute Gasteiger partial charge is 0.507 e. The first-order chi connectivity index (χ1) is 14.6. The molecule has 3 rings (SSSR count). The number of esters is 1. The zero-order chi connectivity index (χ0) is 22.9. The molecule has 1 atom stereocenters. The van der Waals surface area contributed by atoms with Crippen molar-refractivity contribution in [2.45, 2.75) is 47.1 Å². The summed E-state index contributed by atoms with van der Waals surface area (Å²) in [6.07, 6.45) is 2.84. The van der Waals surface area contributed by atoms with Crippen LogP contribution in [0.2, 0.25) is 0 Å². The Hall–Kier alpha value is -3.25. The first-order valence-corrected chi connectivity index (χ1v) is 10.1. The number of aryl methyl sites for hydroxylation is 1. The van der Waals surface area contributed by atoms with Gasteiger partial charge in [0.1, 0.15) is 41.3 Å². The van der Waals surface area contributed by atoms with E-state index in [1.54, 1.807) is 13.0 Å². The van der Waals surface area contributed by atoms with Crippen molar-refractivity contribution in [1.82, 2.24) is 0 Å². The predicted molar refractivity (Wildman–Crippen MR) is 118 cm³/mol. The number of ether oxygens (including phenoxy) is 2. The Labute approximate surface area is 182 Å². The molecule has 0 bridgehead atoms. The van der Waals surface area contributed by atoms with Gasteiger partial charge in [0.25, 0.3) is 0 Å². The maximum atomic E-state index is 13.0. The Morgan fingerprint density at radius 3 is 2.39 bits per heavy atom. The third kappa shape index (κ3) is 4.44. The van der Waals surface area contributed by atoms with Crippen molar-refractivity contribution < 1.29 is 29.6 Å². The van der Waals surface area contributed by atoms with Crippen LogP contribution in [0.4, 0.5) is 0 Å². The van der Waals surface area contributed by atoms with Gasteiger partial charge in [-0.3, -0.25) is 0 Å². The summed E-state index contributed by atoms with van der Waals surface area (Å²) >= 11 is 0. The van der Waals surface area contributed by atoms with Crippen molar-refractivity contribution in [3.05, 3.63) is 69.3 Å². The number of hydrogen-bond acceptors (Lipinski definition) is 6. The number of aromatic hydroxyl groups is 2. The lowest BCUT2D eigenvalue weighted by Crippen LogP contribution is -2.13. The van der Waals surface area contributed by atoms with E-state index in [1.807, 2.05) is 39.8 Å². The molecule has 2 aromatic carbocycles. The summed E-state index contributed by atoms with van der Waals surface area (Å²) < 4.78 is 11.5. The summed E-state index contributed by atoms with van der Waals surface area (Å²) in [5, 5.41) is 32.4. The number of phenols is 2. The van der Waals surface area contributed by atoms with Crippen LogP contribution in [0.1, 0.15) is 66.4 Å². The average Bonchev–Trinajstić information content (AvgIpc) is 2.78. The van der Waals surface area contributed by atoms with Gasteiger partial charge in [0, 0.05) is 5.56 Å². The zero-order valence-corrected chi connectivity index (χ0v) is 18.4. The van der Waals surface area contributed by atoms with E-state index in [0.717, 1.165) is 11.1 Å². The van der Waals surface area contributed by atoms with Gasteiger partial charge in [-0.2, -0.15) is 0 Å². The molecule has 1 aliphatic heterocycles. The molecule has 0 amide bonds. The number of benzene rings is 2. The molecule has 31 heavy (non-hydrogen) atoms. The maximum Gasteiger partial charge on any atom is 0.347 e. The fourth-order valence-electron chi connectivity index (χ4n) is 3.55. The number of rotatable bonds is 5. The van der Waals surface area contributed by atoms with Crippen molar-refractivity contribution in [2.75, 3.05) is 6.61 Å². The van der Waals surface area contributed by atoms with Gasteiger partial charge < -0.3 is 24.8 Å². The number of aliphatic hydroxyl groups is 1. The van der Waals surface area contributed by atoms with Crippen LogP contribution in [-0.2, 0) is 6.42 Å². The summed E-state index contributed by atoms with van der Waals surface area (Å²) in [6.45, 7) is 9.71. The molecule has 6 heteroatoms. The minimum atomic E-state index is -1.43. The summed E-state index contributed by atoms with van der Waals surface area (Å²) in [7, 11) is 0. The highest BCUT2D eigenvalue weighted by Gasteiger charge is 2.37. The molecule has 3 N–H and O–H groups in total. The number of carbonyl (C=O) groups excluding carboxylic acids is 1. The third-order valence-electron chi connectivity index (χ3n) is 5.13. The molecule has 0 aliphatic carbocycles. The number of hydrogen-bond donors (Lipinski definition) is 3. The number of carbonyl (C=O) groups is 1. The minimum absolute atomic E-state index is 0.0730. The molecule has 0 aromatic heterocycles. The summed E-state index contributed by atoms with van der Waals surface area (Å²) in [5.74, 6) is -0.971. The number of aliphatic hydroxyl groups excluding tert-OH is 1. The number of allylic oxidation sites excluding steroid dienone is 3. The van der Waals surface area contributed by atoms with Gasteiger partial charge in [0.05, 0.1) is 5.56 Å². The van der Waals surface area contributed by atoms with Gasteiger partial charge in [-0.1, -0.05) is 23.3 Å². The third-order valence-corrected chi connectivity index (χ3v) is 5.13. The summed E-state index contributed by atoms with van der Waals surface area (Å²) in [5.41, 5.74) is 3.30. The van der Waals surface area contributed by atoms with E-state index in [9.17, 15) is 20.1 Å². The Bertz CT molecular complexity index is 1090. The molecule has 0 saturated heterocycles. The molecule has 0 radical (unpaired) electrons. The molecular weight excluding hydrogens is 396 g/mol. The van der Waals surface area contributed by atoms with E-state index in [2.05, 4.69) is 0 Å². The zero-order valence-electron chi connectivity index (χ0n) is 18.4. The van der Waals surface area contributed by atoms with Crippen molar-refractivity contribution in [1.29, 1.82) is 0 Å². The monoisotopic (exact) mass is 424 g/mol. The standard InChI is InChI=1S/C25H28O6/c1-13(2)6-7-16-8-9-17(26)20-22(28)21-19(25(29)31-24(16)20)18(27)12-15(5)23(21)30-11-10-14(3)4/h6,8-10,12,22,26-28H,7,11H2,1-5H3. The van der Waals surface area contributed by atoms with Crippen molar-refractivity contribution in [3.8, 4) is 23.0 Å². The quantitative estimate of drug-likeness (QED) is 0.360. The normalized spacial score (nSPS) is 14.6. The Kier molecular flexibility index (Phi) is 6.41. The van der Waals surface area contributed by atoms with Crippen LogP contribution in [0, 0.1) is 6.92 Å².